The third-order valence-corrected chi connectivity index (χ3v) is 15.0. The second-order valence-electron chi connectivity index (χ2n) is 17.5. The normalized spacial score (nSPS) is 50.0. The van der Waals surface area contributed by atoms with Crippen LogP contribution in [0.15, 0.2) is 0 Å². The van der Waals surface area contributed by atoms with Gasteiger partial charge in [0, 0.05) is 5.92 Å². The van der Waals surface area contributed by atoms with E-state index in [1.54, 1.807) is 0 Å². The van der Waals surface area contributed by atoms with Crippen LogP contribution in [0.2, 0.25) is 0 Å². The fourth-order valence-electron chi connectivity index (χ4n) is 12.8. The van der Waals surface area contributed by atoms with Gasteiger partial charge in [-0.05, 0) is 92.8 Å². The van der Waals surface area contributed by atoms with Crippen LogP contribution in [0.3, 0.4) is 0 Å². The minimum absolute atomic E-state index is 0.0516. The topological polar surface area (TPSA) is 144 Å². The Balaban J connectivity index is 0.967. The number of aliphatic hydroxyl groups excluding tert-OH is 1. The average Bonchev–Trinajstić information content (AvgIpc) is 3.89. The zero-order valence-corrected chi connectivity index (χ0v) is 30.3. The first-order chi connectivity index (χ1) is 24.7. The van der Waals surface area contributed by atoms with Gasteiger partial charge in [0.05, 0.1) is 95.1 Å². The van der Waals surface area contributed by atoms with Gasteiger partial charge in [0.25, 0.3) is 0 Å². The first-order valence-corrected chi connectivity index (χ1v) is 21.2. The lowest BCUT2D eigenvalue weighted by molar-refractivity contribution is -0.0617. The highest BCUT2D eigenvalue weighted by Gasteiger charge is 2.55. The summed E-state index contributed by atoms with van der Waals surface area (Å²) < 4.78 is 17.9. The van der Waals surface area contributed by atoms with E-state index in [1.807, 2.05) is 0 Å². The molecule has 50 heavy (non-hydrogen) atoms. The number of rotatable bonds is 9. The summed E-state index contributed by atoms with van der Waals surface area (Å²) in [5, 5.41) is 42.8. The van der Waals surface area contributed by atoms with Crippen molar-refractivity contribution in [2.75, 3.05) is 39.6 Å². The van der Waals surface area contributed by atoms with Crippen LogP contribution in [0.1, 0.15) is 96.3 Å². The largest absolute Gasteiger partial charge is 0.394 e. The molecule has 0 aromatic carbocycles. The number of nitrogens with one attached hydrogen (secondary N) is 8. The van der Waals surface area contributed by atoms with E-state index >= 15 is 0 Å². The summed E-state index contributed by atoms with van der Waals surface area (Å²) in [7, 11) is 0. The Kier molecular flexibility index (Phi) is 11.3. The Morgan fingerprint density at radius 1 is 0.360 bits per heavy atom. The molecule has 17 unspecified atom stereocenters. The monoisotopic (exact) mass is 701 g/mol. The first kappa shape index (κ1) is 35.2. The number of aliphatic hydroxyl groups is 1. The van der Waals surface area contributed by atoms with Gasteiger partial charge in [0.2, 0.25) is 0 Å². The van der Waals surface area contributed by atoms with E-state index in [-0.39, 0.29) is 25.0 Å². The molecule has 9 N–H and O–H groups in total. The van der Waals surface area contributed by atoms with Crippen molar-refractivity contribution in [3.05, 3.63) is 0 Å². The van der Waals surface area contributed by atoms with Crippen molar-refractivity contribution in [2.24, 2.45) is 47.3 Å². The third-order valence-electron chi connectivity index (χ3n) is 15.0. The number of fused-ring (bicyclic) bond motifs is 20. The van der Waals surface area contributed by atoms with Crippen molar-refractivity contribution in [1.82, 2.24) is 42.5 Å². The fourth-order valence-corrected chi connectivity index (χ4v) is 12.8. The van der Waals surface area contributed by atoms with E-state index in [4.69, 9.17) is 19.3 Å². The van der Waals surface area contributed by atoms with Crippen LogP contribution in [-0.4, -0.2) is 100 Å². The zero-order chi connectivity index (χ0) is 33.4. The predicted octanol–water partition coefficient (Wildman–Crippen LogP) is 1.63. The van der Waals surface area contributed by atoms with Gasteiger partial charge in [-0.3, -0.25) is 42.5 Å². The van der Waals surface area contributed by atoms with Gasteiger partial charge in [-0.15, -0.1) is 0 Å². The lowest BCUT2D eigenvalue weighted by Gasteiger charge is -2.39. The van der Waals surface area contributed by atoms with Gasteiger partial charge in [-0.1, -0.05) is 44.9 Å². The summed E-state index contributed by atoms with van der Waals surface area (Å²) in [5.41, 5.74) is 0. The molecule has 0 amide bonds. The molecule has 0 spiro atoms. The number of hydrogen-bond donors (Lipinski definition) is 9. The minimum Gasteiger partial charge on any atom is -0.394 e. The summed E-state index contributed by atoms with van der Waals surface area (Å²) in [6.45, 7) is 2.65. The molecule has 17 atom stereocenters. The van der Waals surface area contributed by atoms with Gasteiger partial charge in [0.15, 0.2) is 0 Å². The molecule has 5 aliphatic heterocycles. The number of hydrogen-bond acceptors (Lipinski definition) is 12. The molecule has 12 nitrogen and oxygen atoms in total. The molecule has 0 aromatic rings. The van der Waals surface area contributed by atoms with Gasteiger partial charge in [-0.25, -0.2) is 0 Å². The molecule has 0 aromatic heterocycles. The highest BCUT2D eigenvalue weighted by Crippen LogP contribution is 2.46. The molecule has 4 aliphatic carbocycles. The maximum absolute atomic E-state index is 8.95. The lowest BCUT2D eigenvalue weighted by atomic mass is 9.75. The molecule has 5 heterocycles. The van der Waals surface area contributed by atoms with Crippen LogP contribution in [0.4, 0.5) is 0 Å². The maximum Gasteiger partial charge on any atom is 0.0704 e. The SMILES string of the molecule is OCCOCCOCCOC1CCCC2C3NC4NC(NC5NC(NC6NC(NC(N3)C12)C1CCCCC61)C1CCCCC51)C1CCCCC41. The Bertz CT molecular complexity index is 1110. The Hall–Kier alpha value is -0.480. The van der Waals surface area contributed by atoms with Crippen molar-refractivity contribution < 1.29 is 19.3 Å². The van der Waals surface area contributed by atoms with E-state index < -0.39 is 0 Å². The molecule has 5 saturated heterocycles. The summed E-state index contributed by atoms with van der Waals surface area (Å²) >= 11 is 0. The quantitative estimate of drug-likeness (QED) is 0.161. The predicted molar refractivity (Wildman–Crippen MR) is 191 cm³/mol. The third kappa shape index (κ3) is 7.08. The highest BCUT2D eigenvalue weighted by molar-refractivity contribution is 5.09. The first-order valence-electron chi connectivity index (χ1n) is 21.2. The van der Waals surface area contributed by atoms with Crippen molar-refractivity contribution >= 4 is 0 Å². The van der Waals surface area contributed by atoms with Crippen molar-refractivity contribution in [1.29, 1.82) is 0 Å². The van der Waals surface area contributed by atoms with E-state index in [0.717, 1.165) is 6.42 Å². The summed E-state index contributed by atoms with van der Waals surface area (Å²) in [5.74, 6) is 4.96. The Morgan fingerprint density at radius 3 is 1.12 bits per heavy atom. The van der Waals surface area contributed by atoms with Crippen LogP contribution in [0.5, 0.6) is 0 Å². The van der Waals surface area contributed by atoms with E-state index in [9.17, 15) is 0 Å². The van der Waals surface area contributed by atoms with Crippen LogP contribution in [0, 0.1) is 47.3 Å². The van der Waals surface area contributed by atoms with Crippen molar-refractivity contribution in [3.63, 3.8) is 0 Å². The molecule has 284 valence electrons. The minimum atomic E-state index is 0.0516. The summed E-state index contributed by atoms with van der Waals surface area (Å²) in [6.07, 6.45) is 22.3. The Morgan fingerprint density at radius 2 is 0.700 bits per heavy atom. The second-order valence-corrected chi connectivity index (χ2v) is 17.5. The van der Waals surface area contributed by atoms with Crippen molar-refractivity contribution in [3.8, 4) is 0 Å². The molecular weight excluding hydrogens is 632 g/mol. The molecule has 9 fully saturated rings. The van der Waals surface area contributed by atoms with E-state index in [2.05, 4.69) is 42.5 Å². The Labute approximate surface area is 300 Å². The summed E-state index contributed by atoms with van der Waals surface area (Å²) in [6, 6.07) is 0. The van der Waals surface area contributed by atoms with Gasteiger partial charge < -0.3 is 19.3 Å². The van der Waals surface area contributed by atoms with Crippen LogP contribution >= 0.6 is 0 Å². The van der Waals surface area contributed by atoms with Gasteiger partial charge in [0.1, 0.15) is 0 Å². The summed E-state index contributed by atoms with van der Waals surface area (Å²) in [4.78, 5) is 0. The highest BCUT2D eigenvalue weighted by atomic mass is 16.5. The molecule has 12 heteroatoms. The maximum atomic E-state index is 8.95. The average molecular weight is 701 g/mol. The van der Waals surface area contributed by atoms with Crippen LogP contribution in [-0.2, 0) is 14.2 Å². The van der Waals surface area contributed by atoms with Crippen LogP contribution in [0.25, 0.3) is 0 Å². The lowest BCUT2D eigenvalue weighted by Crippen LogP contribution is -2.62. The molecule has 4 saturated carbocycles. The molecule has 0 radical (unpaired) electrons. The standard InChI is InChI=1S/C38H68N8O4/c47-16-17-48-18-19-49-20-21-50-29-15-7-14-28-30(29)38-45-36-27-13-6-5-12-26(27)34(43-36)41-32-23-9-2-1-8-22(23)31(39-32)40-33-24-10-3-4-11-25(24)35(42-33)44-37(28)46-38/h22-47H,1-21H2. The van der Waals surface area contributed by atoms with Gasteiger partial charge in [-0.2, -0.15) is 0 Å². The van der Waals surface area contributed by atoms with E-state index in [0.29, 0.717) is 117 Å². The molecule has 8 bridgehead atoms. The molecule has 9 rings (SSSR count). The fraction of sp³-hybridized carbons (Fsp3) is 1.00. The zero-order valence-electron chi connectivity index (χ0n) is 30.3. The smallest absolute Gasteiger partial charge is 0.0704 e. The molecular formula is C38H68N8O4. The van der Waals surface area contributed by atoms with E-state index in [1.165, 1.54) is 89.9 Å². The molecule has 9 aliphatic rings. The second kappa shape index (κ2) is 16.1. The van der Waals surface area contributed by atoms with Crippen LogP contribution < -0.4 is 42.5 Å². The van der Waals surface area contributed by atoms with Gasteiger partial charge >= 0.3 is 0 Å². The number of ether oxygens (including phenoxy) is 3. The van der Waals surface area contributed by atoms with Crippen molar-refractivity contribution in [2.45, 2.75) is 152 Å².